The van der Waals surface area contributed by atoms with Gasteiger partial charge in [0.05, 0.1) is 12.7 Å². The van der Waals surface area contributed by atoms with E-state index in [-0.39, 0.29) is 22.8 Å². The van der Waals surface area contributed by atoms with Crippen LogP contribution in [0.1, 0.15) is 12.5 Å². The molecule has 7 heteroatoms. The lowest BCUT2D eigenvalue weighted by Crippen LogP contribution is -2.14. The topological polar surface area (TPSA) is 101 Å². The summed E-state index contributed by atoms with van der Waals surface area (Å²) in [6.07, 6.45) is 1.69. The fourth-order valence-electron chi connectivity index (χ4n) is 1.51. The number of hydrogen-bond acceptors (Lipinski definition) is 6. The first-order chi connectivity index (χ1) is 8.65. The minimum absolute atomic E-state index is 0.176. The van der Waals surface area contributed by atoms with E-state index in [1.54, 1.807) is 6.92 Å². The maximum atomic E-state index is 11.7. The van der Waals surface area contributed by atoms with Gasteiger partial charge in [-0.05, 0) is 6.42 Å². The number of aromatic nitrogens is 4. The van der Waals surface area contributed by atoms with Crippen LogP contribution in [-0.4, -0.2) is 32.2 Å². The molecule has 2 heterocycles. The van der Waals surface area contributed by atoms with E-state index in [1.807, 2.05) is 0 Å². The lowest BCUT2D eigenvalue weighted by atomic mass is 10.2. The van der Waals surface area contributed by atoms with Crippen molar-refractivity contribution in [3.63, 3.8) is 0 Å². The Kier molecular flexibility index (Phi) is 3.22. The Hall–Kier alpha value is -2.44. The second kappa shape index (κ2) is 4.82. The average molecular weight is 248 g/mol. The molecule has 18 heavy (non-hydrogen) atoms. The van der Waals surface area contributed by atoms with E-state index in [4.69, 9.17) is 4.74 Å². The molecular formula is C11H12N4O3. The molecule has 7 nitrogen and oxygen atoms in total. The van der Waals surface area contributed by atoms with E-state index < -0.39 is 0 Å². The summed E-state index contributed by atoms with van der Waals surface area (Å²) in [4.78, 5) is 26.0. The highest BCUT2D eigenvalue weighted by Crippen LogP contribution is 2.18. The van der Waals surface area contributed by atoms with Crippen LogP contribution in [0.15, 0.2) is 17.2 Å². The predicted molar refractivity (Wildman–Crippen MR) is 63.5 cm³/mol. The van der Waals surface area contributed by atoms with Gasteiger partial charge < -0.3 is 14.8 Å². The first-order valence-corrected chi connectivity index (χ1v) is 5.34. The number of aromatic amines is 1. The monoisotopic (exact) mass is 248 g/mol. The molecule has 0 fully saturated rings. The summed E-state index contributed by atoms with van der Waals surface area (Å²) in [7, 11) is 1.47. The zero-order valence-corrected chi connectivity index (χ0v) is 9.97. The fourth-order valence-corrected chi connectivity index (χ4v) is 1.51. The molecule has 0 aliphatic rings. The van der Waals surface area contributed by atoms with Gasteiger partial charge in [0.1, 0.15) is 12.0 Å². The van der Waals surface area contributed by atoms with E-state index in [0.29, 0.717) is 18.0 Å². The third-order valence-electron chi connectivity index (χ3n) is 2.44. The molecule has 0 unspecified atom stereocenters. The molecule has 2 N–H and O–H groups in total. The summed E-state index contributed by atoms with van der Waals surface area (Å²) in [5, 5.41) is 9.65. The van der Waals surface area contributed by atoms with Gasteiger partial charge in [-0.3, -0.25) is 4.79 Å². The molecule has 0 aromatic carbocycles. The number of nitrogens with one attached hydrogen (secondary N) is 1. The van der Waals surface area contributed by atoms with E-state index in [0.717, 1.165) is 0 Å². The van der Waals surface area contributed by atoms with Crippen molar-refractivity contribution in [3.05, 3.63) is 28.3 Å². The number of methoxy groups -OCH3 is 1. The van der Waals surface area contributed by atoms with Gasteiger partial charge in [-0.15, -0.1) is 0 Å². The van der Waals surface area contributed by atoms with Gasteiger partial charge in [0.15, 0.2) is 5.82 Å². The van der Waals surface area contributed by atoms with Crippen molar-refractivity contribution in [2.24, 2.45) is 0 Å². The maximum Gasteiger partial charge on any atom is 0.258 e. The molecule has 2 aromatic heterocycles. The molecule has 2 aromatic rings. The van der Waals surface area contributed by atoms with Gasteiger partial charge in [0.2, 0.25) is 11.8 Å². The molecule has 0 saturated heterocycles. The second-order valence-electron chi connectivity index (χ2n) is 3.52. The lowest BCUT2D eigenvalue weighted by Gasteiger charge is -2.04. The largest absolute Gasteiger partial charge is 0.493 e. The average Bonchev–Trinajstić information content (AvgIpc) is 2.38. The highest BCUT2D eigenvalue weighted by molar-refractivity contribution is 5.51. The van der Waals surface area contributed by atoms with Crippen molar-refractivity contribution in [2.45, 2.75) is 13.3 Å². The maximum absolute atomic E-state index is 11.7. The van der Waals surface area contributed by atoms with Crippen molar-refractivity contribution in [1.29, 1.82) is 0 Å². The van der Waals surface area contributed by atoms with Crippen LogP contribution in [0.2, 0.25) is 0 Å². The van der Waals surface area contributed by atoms with Gasteiger partial charge in [0, 0.05) is 6.07 Å². The molecule has 94 valence electrons. The Bertz CT molecular complexity index is 624. The summed E-state index contributed by atoms with van der Waals surface area (Å²) in [6.45, 7) is 1.76. The highest BCUT2D eigenvalue weighted by Gasteiger charge is 2.11. The van der Waals surface area contributed by atoms with Crippen molar-refractivity contribution in [1.82, 2.24) is 19.9 Å². The van der Waals surface area contributed by atoms with E-state index in [2.05, 4.69) is 19.9 Å². The predicted octanol–water partition coefficient (Wildman–Crippen LogP) is 0.503. The minimum Gasteiger partial charge on any atom is -0.493 e. The number of aromatic hydroxyl groups is 1. The van der Waals surface area contributed by atoms with Gasteiger partial charge >= 0.3 is 0 Å². The third-order valence-corrected chi connectivity index (χ3v) is 2.44. The third kappa shape index (κ3) is 2.15. The van der Waals surface area contributed by atoms with E-state index in [9.17, 15) is 9.90 Å². The molecule has 0 aliphatic carbocycles. The summed E-state index contributed by atoms with van der Waals surface area (Å²) in [5.74, 6) is 0.242. The van der Waals surface area contributed by atoms with Crippen LogP contribution in [-0.2, 0) is 6.42 Å². The second-order valence-corrected chi connectivity index (χ2v) is 3.52. The Morgan fingerprint density at radius 1 is 1.44 bits per heavy atom. The number of hydrogen-bond donors (Lipinski definition) is 2. The van der Waals surface area contributed by atoms with Gasteiger partial charge in [-0.25, -0.2) is 9.97 Å². The molecule has 0 amide bonds. The molecule has 2 rings (SSSR count). The summed E-state index contributed by atoms with van der Waals surface area (Å²) >= 11 is 0. The summed E-state index contributed by atoms with van der Waals surface area (Å²) in [6, 6.07) is 1.52. The molecule has 0 saturated carbocycles. The van der Waals surface area contributed by atoms with Crippen LogP contribution < -0.4 is 10.3 Å². The smallest absolute Gasteiger partial charge is 0.258 e. The Balaban J connectivity index is 2.54. The van der Waals surface area contributed by atoms with E-state index >= 15 is 0 Å². The van der Waals surface area contributed by atoms with Gasteiger partial charge in [-0.1, -0.05) is 6.92 Å². The molecule has 0 bridgehead atoms. The summed E-state index contributed by atoms with van der Waals surface area (Å²) < 4.78 is 4.95. The van der Waals surface area contributed by atoms with E-state index in [1.165, 1.54) is 19.5 Å². The van der Waals surface area contributed by atoms with Crippen LogP contribution in [0.25, 0.3) is 11.5 Å². The number of ether oxygens (including phenoxy) is 1. The highest BCUT2D eigenvalue weighted by atomic mass is 16.5. The molecule has 0 atom stereocenters. The Morgan fingerprint density at radius 2 is 2.22 bits per heavy atom. The molecule has 0 aliphatic heterocycles. The number of rotatable bonds is 3. The zero-order valence-electron chi connectivity index (χ0n) is 9.97. The first-order valence-electron chi connectivity index (χ1n) is 5.34. The minimum atomic E-state index is -0.377. The lowest BCUT2D eigenvalue weighted by molar-refractivity contribution is 0.397. The quantitative estimate of drug-likeness (QED) is 0.820. The van der Waals surface area contributed by atoms with Crippen LogP contribution in [0.4, 0.5) is 0 Å². The molecule has 0 radical (unpaired) electrons. The van der Waals surface area contributed by atoms with Crippen LogP contribution in [0.5, 0.6) is 11.8 Å². The van der Waals surface area contributed by atoms with Crippen LogP contribution in [0, 0.1) is 0 Å². The standard InChI is InChI=1S/C11H12N4O3/c1-3-6-10(16)14-9(15-11(6)17)7-4-8(18-2)13-5-12-7/h4-5H,3H2,1-2H3,(H2,14,15,16,17). The first kappa shape index (κ1) is 12.0. The SMILES string of the molecule is CCc1c(O)nc(-c2cc(OC)ncn2)[nH]c1=O. The Morgan fingerprint density at radius 3 is 2.83 bits per heavy atom. The fraction of sp³-hybridized carbons (Fsp3) is 0.273. The summed E-state index contributed by atoms with van der Waals surface area (Å²) in [5.41, 5.74) is 0.245. The Labute approximate surface area is 103 Å². The van der Waals surface area contributed by atoms with Crippen molar-refractivity contribution in [3.8, 4) is 23.3 Å². The zero-order chi connectivity index (χ0) is 13.1. The van der Waals surface area contributed by atoms with Crippen LogP contribution in [0.3, 0.4) is 0 Å². The van der Waals surface area contributed by atoms with Crippen molar-refractivity contribution < 1.29 is 9.84 Å². The van der Waals surface area contributed by atoms with Gasteiger partial charge in [0.25, 0.3) is 5.56 Å². The van der Waals surface area contributed by atoms with Crippen molar-refractivity contribution >= 4 is 0 Å². The molecule has 0 spiro atoms. The normalized spacial score (nSPS) is 10.3. The number of nitrogens with zero attached hydrogens (tertiary/aromatic N) is 3. The number of H-pyrrole nitrogens is 1. The van der Waals surface area contributed by atoms with Crippen LogP contribution >= 0.6 is 0 Å². The van der Waals surface area contributed by atoms with Crippen molar-refractivity contribution in [2.75, 3.05) is 7.11 Å². The van der Waals surface area contributed by atoms with Gasteiger partial charge in [-0.2, -0.15) is 4.98 Å². The molecular weight excluding hydrogens is 236 g/mol.